The van der Waals surface area contributed by atoms with Crippen LogP contribution in [0.1, 0.15) is 0 Å². The van der Waals surface area contributed by atoms with E-state index in [0.717, 1.165) is 6.20 Å². The van der Waals surface area contributed by atoms with E-state index in [-0.39, 0.29) is 5.69 Å². The number of hydrazine groups is 1. The van der Waals surface area contributed by atoms with Crippen LogP contribution in [0.3, 0.4) is 0 Å². The molecule has 0 bridgehead atoms. The lowest BCUT2D eigenvalue weighted by Gasteiger charge is -2.12. The van der Waals surface area contributed by atoms with Gasteiger partial charge in [-0.15, -0.1) is 0 Å². The van der Waals surface area contributed by atoms with Crippen LogP contribution in [0.15, 0.2) is 30.7 Å². The fourth-order valence-corrected chi connectivity index (χ4v) is 1.01. The first-order chi connectivity index (χ1) is 8.13. The lowest BCUT2D eigenvalue weighted by atomic mass is 10.4. The number of ether oxygens (including phenoxy) is 1. The summed E-state index contributed by atoms with van der Waals surface area (Å²) < 4.78 is 5.23. The molecule has 0 saturated carbocycles. The van der Waals surface area contributed by atoms with Gasteiger partial charge in [-0.3, -0.25) is 10.1 Å². The van der Waals surface area contributed by atoms with Gasteiger partial charge in [0.15, 0.2) is 0 Å². The third-order valence-electron chi connectivity index (χ3n) is 1.81. The normalized spacial score (nSPS) is 10.4. The van der Waals surface area contributed by atoms with Gasteiger partial charge >= 0.3 is 0 Å². The molecule has 8 nitrogen and oxygen atoms in total. The van der Waals surface area contributed by atoms with Crippen LogP contribution in [0, 0.1) is 10.1 Å². The van der Waals surface area contributed by atoms with Crippen LogP contribution in [0.2, 0.25) is 0 Å². The Balaban J connectivity index is 2.39. The van der Waals surface area contributed by atoms with Crippen molar-refractivity contribution in [2.24, 2.45) is 11.6 Å². The summed E-state index contributed by atoms with van der Waals surface area (Å²) in [6.45, 7) is 0.720. The molecule has 1 heterocycles. The van der Waals surface area contributed by atoms with Crippen molar-refractivity contribution in [3.05, 3.63) is 40.8 Å². The summed E-state index contributed by atoms with van der Waals surface area (Å²) >= 11 is 0. The Kier molecular flexibility index (Phi) is 4.70. The Hall–Kier alpha value is -2.35. The Labute approximate surface area is 97.6 Å². The Morgan fingerprint density at radius 3 is 2.88 bits per heavy atom. The van der Waals surface area contributed by atoms with Crippen molar-refractivity contribution >= 4 is 5.69 Å². The van der Waals surface area contributed by atoms with E-state index in [1.807, 2.05) is 0 Å². The molecule has 4 N–H and O–H groups in total. The van der Waals surface area contributed by atoms with Crippen LogP contribution in [-0.2, 0) is 0 Å². The first-order valence-corrected chi connectivity index (χ1v) is 4.76. The van der Waals surface area contributed by atoms with E-state index in [1.54, 1.807) is 0 Å². The number of hydrogen-bond acceptors (Lipinski definition) is 7. The van der Waals surface area contributed by atoms with Gasteiger partial charge in [0.1, 0.15) is 12.8 Å². The topological polar surface area (TPSA) is 121 Å². The summed E-state index contributed by atoms with van der Waals surface area (Å²) in [5.74, 6) is 5.80. The van der Waals surface area contributed by atoms with Gasteiger partial charge in [0.05, 0.1) is 11.5 Å². The Morgan fingerprint density at radius 2 is 2.35 bits per heavy atom. The van der Waals surface area contributed by atoms with Crippen LogP contribution in [0.25, 0.3) is 0 Å². The number of pyridine rings is 1. The standard InChI is InChI=1S/C9H13N5O3/c10-3-4-13(11)5-6-17-9-2-1-8(7-12-9)14(15)16/h1-4,7H,5-6,10-11H2/b4-3-. The molecule has 17 heavy (non-hydrogen) atoms. The number of rotatable bonds is 6. The zero-order valence-electron chi connectivity index (χ0n) is 9.02. The molecular formula is C9H13N5O3. The van der Waals surface area contributed by atoms with Gasteiger partial charge in [-0.1, -0.05) is 0 Å². The summed E-state index contributed by atoms with van der Waals surface area (Å²) in [7, 11) is 0. The molecule has 92 valence electrons. The van der Waals surface area contributed by atoms with Crippen LogP contribution in [0.5, 0.6) is 5.88 Å². The Morgan fingerprint density at radius 1 is 1.59 bits per heavy atom. The molecule has 0 radical (unpaired) electrons. The number of aromatic nitrogens is 1. The number of nitrogens with zero attached hydrogens (tertiary/aromatic N) is 3. The predicted molar refractivity (Wildman–Crippen MR) is 60.6 cm³/mol. The van der Waals surface area contributed by atoms with E-state index in [2.05, 4.69) is 4.98 Å². The molecule has 0 atom stereocenters. The number of hydrogen-bond donors (Lipinski definition) is 2. The van der Waals surface area contributed by atoms with Crippen molar-refractivity contribution in [1.82, 2.24) is 9.99 Å². The van der Waals surface area contributed by atoms with Gasteiger partial charge in [0.25, 0.3) is 5.69 Å². The van der Waals surface area contributed by atoms with Crippen molar-refractivity contribution < 1.29 is 9.66 Å². The third-order valence-corrected chi connectivity index (χ3v) is 1.81. The first kappa shape index (κ1) is 12.7. The summed E-state index contributed by atoms with van der Waals surface area (Å²) in [6.07, 6.45) is 3.94. The fraction of sp³-hybridized carbons (Fsp3) is 0.222. The van der Waals surface area contributed by atoms with Crippen LogP contribution in [-0.4, -0.2) is 28.1 Å². The van der Waals surface area contributed by atoms with E-state index in [4.69, 9.17) is 16.3 Å². The molecule has 0 amide bonds. The zero-order chi connectivity index (χ0) is 12.7. The second-order valence-electron chi connectivity index (χ2n) is 3.04. The summed E-state index contributed by atoms with van der Waals surface area (Å²) in [6, 6.07) is 2.75. The SMILES string of the molecule is N/C=C\N(N)CCOc1ccc([N+](=O)[O-])cn1. The van der Waals surface area contributed by atoms with Gasteiger partial charge in [-0.25, -0.2) is 10.8 Å². The summed E-state index contributed by atoms with van der Waals surface area (Å²) in [5.41, 5.74) is 5.06. The quantitative estimate of drug-likeness (QED) is 0.406. The van der Waals surface area contributed by atoms with Gasteiger partial charge in [-0.2, -0.15) is 0 Å². The minimum absolute atomic E-state index is 0.0798. The molecular weight excluding hydrogens is 226 g/mol. The van der Waals surface area contributed by atoms with Crippen LogP contribution >= 0.6 is 0 Å². The molecule has 0 fully saturated rings. The van der Waals surface area contributed by atoms with Gasteiger partial charge in [0, 0.05) is 24.5 Å². The average molecular weight is 239 g/mol. The number of nitro groups is 1. The van der Waals surface area contributed by atoms with Crippen molar-refractivity contribution in [3.8, 4) is 5.88 Å². The van der Waals surface area contributed by atoms with Crippen molar-refractivity contribution in [2.75, 3.05) is 13.2 Å². The van der Waals surface area contributed by atoms with Gasteiger partial charge in [0.2, 0.25) is 5.88 Å². The molecule has 0 aliphatic carbocycles. The molecule has 1 rings (SSSR count). The molecule has 0 aliphatic rings. The highest BCUT2D eigenvalue weighted by molar-refractivity contribution is 5.28. The van der Waals surface area contributed by atoms with E-state index in [0.29, 0.717) is 19.0 Å². The van der Waals surface area contributed by atoms with Crippen LogP contribution < -0.4 is 16.3 Å². The molecule has 0 unspecified atom stereocenters. The molecule has 0 saturated heterocycles. The van der Waals surface area contributed by atoms with Crippen LogP contribution in [0.4, 0.5) is 5.69 Å². The second-order valence-corrected chi connectivity index (χ2v) is 3.04. The number of nitrogens with two attached hydrogens (primary N) is 2. The molecule has 0 aliphatic heterocycles. The third kappa shape index (κ3) is 4.34. The van der Waals surface area contributed by atoms with Crippen molar-refractivity contribution in [2.45, 2.75) is 0 Å². The first-order valence-electron chi connectivity index (χ1n) is 4.76. The molecule has 1 aromatic rings. The Bertz CT molecular complexity index is 392. The van der Waals surface area contributed by atoms with E-state index < -0.39 is 4.92 Å². The van der Waals surface area contributed by atoms with Crippen molar-refractivity contribution in [3.63, 3.8) is 0 Å². The lowest BCUT2D eigenvalue weighted by Crippen LogP contribution is -2.30. The van der Waals surface area contributed by atoms with Gasteiger partial charge < -0.3 is 15.5 Å². The van der Waals surface area contributed by atoms with E-state index in [1.165, 1.54) is 29.5 Å². The summed E-state index contributed by atoms with van der Waals surface area (Å²) in [4.78, 5) is 13.6. The molecule has 8 heteroatoms. The van der Waals surface area contributed by atoms with Gasteiger partial charge in [-0.05, 0) is 0 Å². The zero-order valence-corrected chi connectivity index (χ0v) is 9.02. The van der Waals surface area contributed by atoms with E-state index in [9.17, 15) is 10.1 Å². The monoisotopic (exact) mass is 239 g/mol. The van der Waals surface area contributed by atoms with E-state index >= 15 is 0 Å². The highest BCUT2D eigenvalue weighted by Crippen LogP contribution is 2.13. The fourth-order valence-electron chi connectivity index (χ4n) is 1.01. The minimum Gasteiger partial charge on any atom is -0.476 e. The largest absolute Gasteiger partial charge is 0.476 e. The maximum atomic E-state index is 10.4. The average Bonchev–Trinajstić information content (AvgIpc) is 2.30. The summed E-state index contributed by atoms with van der Waals surface area (Å²) in [5, 5.41) is 11.7. The molecule has 1 aromatic heterocycles. The lowest BCUT2D eigenvalue weighted by molar-refractivity contribution is -0.385. The molecule has 0 aromatic carbocycles. The molecule has 0 spiro atoms. The highest BCUT2D eigenvalue weighted by Gasteiger charge is 2.05. The minimum atomic E-state index is -0.523. The predicted octanol–water partition coefficient (Wildman–Crippen LogP) is -0.0258. The van der Waals surface area contributed by atoms with Crippen molar-refractivity contribution in [1.29, 1.82) is 0 Å². The maximum Gasteiger partial charge on any atom is 0.287 e. The maximum absolute atomic E-state index is 10.4. The highest BCUT2D eigenvalue weighted by atomic mass is 16.6. The smallest absolute Gasteiger partial charge is 0.287 e. The second kappa shape index (κ2) is 6.28.